The molecule has 1 aliphatic rings. The van der Waals surface area contributed by atoms with Gasteiger partial charge in [-0.05, 0) is 42.3 Å². The molecule has 18 heavy (non-hydrogen) atoms. The summed E-state index contributed by atoms with van der Waals surface area (Å²) in [6, 6.07) is 15.3. The lowest BCUT2D eigenvalue weighted by Gasteiger charge is -2.29. The van der Waals surface area contributed by atoms with Crippen LogP contribution in [-0.2, 0) is 6.54 Å². The fourth-order valence-electron chi connectivity index (χ4n) is 2.73. The molecular weight excluding hydrogens is 286 g/mol. The number of halogens is 1. The van der Waals surface area contributed by atoms with E-state index in [1.807, 2.05) is 0 Å². The number of hydrogen-bond donors (Lipinski definition) is 0. The molecule has 2 heteroatoms. The van der Waals surface area contributed by atoms with Crippen molar-refractivity contribution in [2.24, 2.45) is 0 Å². The Morgan fingerprint density at radius 1 is 1.00 bits per heavy atom. The average molecular weight is 304 g/mol. The fraction of sp³-hybridized carbons (Fsp3) is 0.375. The van der Waals surface area contributed by atoms with Crippen molar-refractivity contribution >= 4 is 26.7 Å². The van der Waals surface area contributed by atoms with Crippen molar-refractivity contribution in [1.29, 1.82) is 0 Å². The Kier molecular flexibility index (Phi) is 3.67. The van der Waals surface area contributed by atoms with Crippen molar-refractivity contribution < 1.29 is 0 Å². The summed E-state index contributed by atoms with van der Waals surface area (Å²) in [5, 5.41) is 2.76. The summed E-state index contributed by atoms with van der Waals surface area (Å²) < 4.78 is 0. The van der Waals surface area contributed by atoms with E-state index < -0.39 is 0 Å². The minimum Gasteiger partial charge on any atom is -0.299 e. The third-order valence-electron chi connectivity index (χ3n) is 3.79. The van der Waals surface area contributed by atoms with E-state index in [9.17, 15) is 0 Å². The maximum atomic E-state index is 3.71. The molecule has 0 aliphatic carbocycles. The first kappa shape index (κ1) is 12.2. The maximum Gasteiger partial charge on any atom is 0.0239 e. The summed E-state index contributed by atoms with van der Waals surface area (Å²) >= 11 is 3.71. The van der Waals surface area contributed by atoms with Gasteiger partial charge >= 0.3 is 0 Å². The van der Waals surface area contributed by atoms with Gasteiger partial charge in [-0.2, -0.15) is 0 Å². The van der Waals surface area contributed by atoms with Gasteiger partial charge in [0, 0.05) is 11.4 Å². The highest BCUT2D eigenvalue weighted by Gasteiger charge is 2.17. The summed E-state index contributed by atoms with van der Waals surface area (Å²) in [7, 11) is 0. The second-order valence-electron chi connectivity index (χ2n) is 5.09. The quantitative estimate of drug-likeness (QED) is 0.752. The van der Waals surface area contributed by atoms with Crippen LogP contribution in [0.4, 0.5) is 0 Å². The Balaban J connectivity index is 1.82. The Morgan fingerprint density at radius 2 is 1.72 bits per heavy atom. The van der Waals surface area contributed by atoms with Crippen LogP contribution in [0, 0.1) is 0 Å². The molecule has 2 aromatic carbocycles. The average Bonchev–Trinajstić information content (AvgIpc) is 2.42. The molecule has 1 nitrogen and oxygen atoms in total. The Labute approximate surface area is 117 Å². The third-order valence-corrected chi connectivity index (χ3v) is 4.71. The number of benzene rings is 2. The molecule has 3 rings (SSSR count). The predicted molar refractivity (Wildman–Crippen MR) is 81.2 cm³/mol. The highest BCUT2D eigenvalue weighted by atomic mass is 79.9. The molecule has 2 aromatic rings. The van der Waals surface area contributed by atoms with Crippen LogP contribution < -0.4 is 0 Å². The van der Waals surface area contributed by atoms with Gasteiger partial charge in [0.1, 0.15) is 0 Å². The highest BCUT2D eigenvalue weighted by molar-refractivity contribution is 9.09. The van der Waals surface area contributed by atoms with Crippen LogP contribution in [-0.4, -0.2) is 22.8 Å². The number of hydrogen-bond acceptors (Lipinski definition) is 1. The van der Waals surface area contributed by atoms with Crippen LogP contribution in [0.1, 0.15) is 18.4 Å². The minimum absolute atomic E-state index is 0.723. The molecule has 0 atom stereocenters. The van der Waals surface area contributed by atoms with Crippen LogP contribution >= 0.6 is 15.9 Å². The molecule has 94 valence electrons. The number of nitrogens with zero attached hydrogens (tertiary/aromatic N) is 1. The molecule has 1 aliphatic heterocycles. The van der Waals surface area contributed by atoms with Gasteiger partial charge in [0.15, 0.2) is 0 Å². The molecule has 1 saturated heterocycles. The van der Waals surface area contributed by atoms with Gasteiger partial charge in [-0.15, -0.1) is 0 Å². The van der Waals surface area contributed by atoms with Gasteiger partial charge in [-0.3, -0.25) is 4.90 Å². The summed E-state index contributed by atoms with van der Waals surface area (Å²) in [5.74, 6) is 0. The first-order valence-electron chi connectivity index (χ1n) is 6.66. The molecule has 0 amide bonds. The van der Waals surface area contributed by atoms with E-state index in [1.165, 1.54) is 42.3 Å². The fourth-order valence-corrected chi connectivity index (χ4v) is 3.14. The molecule has 0 bridgehead atoms. The lowest BCUT2D eigenvalue weighted by Crippen LogP contribution is -2.33. The first-order chi connectivity index (χ1) is 8.83. The zero-order valence-electron chi connectivity index (χ0n) is 10.5. The Morgan fingerprint density at radius 3 is 2.56 bits per heavy atom. The van der Waals surface area contributed by atoms with Crippen LogP contribution in [0.2, 0.25) is 0 Å². The molecular formula is C16H18BrN. The molecule has 0 N–H and O–H groups in total. The van der Waals surface area contributed by atoms with E-state index in [4.69, 9.17) is 0 Å². The Hall–Kier alpha value is -0.860. The van der Waals surface area contributed by atoms with E-state index in [0.717, 1.165) is 11.4 Å². The smallest absolute Gasteiger partial charge is 0.0239 e. The van der Waals surface area contributed by atoms with E-state index in [1.54, 1.807) is 0 Å². The van der Waals surface area contributed by atoms with Crippen LogP contribution in [0.15, 0.2) is 42.5 Å². The largest absolute Gasteiger partial charge is 0.299 e. The maximum absolute atomic E-state index is 3.71. The summed E-state index contributed by atoms with van der Waals surface area (Å²) in [5.41, 5.74) is 1.46. The van der Waals surface area contributed by atoms with E-state index in [-0.39, 0.29) is 0 Å². The van der Waals surface area contributed by atoms with Gasteiger partial charge in [0.2, 0.25) is 0 Å². The third kappa shape index (κ3) is 2.60. The molecule has 1 fully saturated rings. The summed E-state index contributed by atoms with van der Waals surface area (Å²) in [6.45, 7) is 3.50. The number of piperidine rings is 1. The molecule has 0 aromatic heterocycles. The zero-order valence-corrected chi connectivity index (χ0v) is 12.1. The normalized spacial score (nSPS) is 18.3. The van der Waals surface area contributed by atoms with Crippen molar-refractivity contribution in [3.05, 3.63) is 48.0 Å². The van der Waals surface area contributed by atoms with Crippen molar-refractivity contribution in [2.45, 2.75) is 24.2 Å². The SMILES string of the molecule is BrC1CCN(Cc2cccc3ccccc23)CC1. The Bertz CT molecular complexity index is 524. The monoisotopic (exact) mass is 303 g/mol. The zero-order chi connectivity index (χ0) is 12.4. The van der Waals surface area contributed by atoms with Gasteiger partial charge in [0.25, 0.3) is 0 Å². The second kappa shape index (κ2) is 5.41. The highest BCUT2D eigenvalue weighted by Crippen LogP contribution is 2.23. The predicted octanol–water partition coefficient (Wildman–Crippen LogP) is 4.20. The summed E-state index contributed by atoms with van der Waals surface area (Å²) in [6.07, 6.45) is 2.54. The lowest BCUT2D eigenvalue weighted by atomic mass is 10.0. The second-order valence-corrected chi connectivity index (χ2v) is 6.38. The van der Waals surface area contributed by atoms with Gasteiger partial charge < -0.3 is 0 Å². The number of alkyl halides is 1. The van der Waals surface area contributed by atoms with Crippen molar-refractivity contribution in [2.75, 3.05) is 13.1 Å². The van der Waals surface area contributed by atoms with Gasteiger partial charge in [-0.25, -0.2) is 0 Å². The molecule has 0 spiro atoms. The molecule has 1 heterocycles. The topological polar surface area (TPSA) is 3.24 Å². The molecule has 0 saturated carbocycles. The van der Waals surface area contributed by atoms with Crippen molar-refractivity contribution in [3.8, 4) is 0 Å². The number of likely N-dealkylation sites (tertiary alicyclic amines) is 1. The van der Waals surface area contributed by atoms with E-state index in [0.29, 0.717) is 0 Å². The van der Waals surface area contributed by atoms with Crippen LogP contribution in [0.25, 0.3) is 10.8 Å². The van der Waals surface area contributed by atoms with Gasteiger partial charge in [-0.1, -0.05) is 58.4 Å². The van der Waals surface area contributed by atoms with Crippen LogP contribution in [0.5, 0.6) is 0 Å². The van der Waals surface area contributed by atoms with Gasteiger partial charge in [0.05, 0.1) is 0 Å². The minimum atomic E-state index is 0.723. The molecule has 0 radical (unpaired) electrons. The van der Waals surface area contributed by atoms with E-state index in [2.05, 4.69) is 63.3 Å². The lowest BCUT2D eigenvalue weighted by molar-refractivity contribution is 0.227. The summed E-state index contributed by atoms with van der Waals surface area (Å²) in [4.78, 5) is 3.29. The standard InChI is InChI=1S/C16H18BrN/c17-15-8-10-18(11-9-15)12-14-6-3-5-13-4-1-2-7-16(13)14/h1-7,15H,8-12H2. The van der Waals surface area contributed by atoms with Crippen LogP contribution in [0.3, 0.4) is 0 Å². The van der Waals surface area contributed by atoms with Crippen molar-refractivity contribution in [3.63, 3.8) is 0 Å². The molecule has 0 unspecified atom stereocenters. The van der Waals surface area contributed by atoms with Crippen molar-refractivity contribution in [1.82, 2.24) is 4.90 Å². The number of rotatable bonds is 2. The first-order valence-corrected chi connectivity index (χ1v) is 7.57. The number of fused-ring (bicyclic) bond motifs is 1. The van der Waals surface area contributed by atoms with E-state index >= 15 is 0 Å².